The summed E-state index contributed by atoms with van der Waals surface area (Å²) in [7, 11) is -0.963. The van der Waals surface area contributed by atoms with Crippen LogP contribution < -0.4 is 30.2 Å². The zero-order chi connectivity index (χ0) is 54.8. The SMILES string of the molecule is COc1ccc(COCO[C@H](CC[C@H](C)[C@H](C[C@H](O[Si](c2ccccc2)(c2ccccc2)C(C)(C)C)[C@H](C)CO[Si](c2ccccc2)(c2ccccc2)C(C)(C)C)OC)[C@H](C)[C@H](OC(C)=O)[C@H](C)CCO)cc1OC. The van der Waals surface area contributed by atoms with E-state index in [9.17, 15) is 9.90 Å². The molecule has 0 radical (unpaired) electrons. The molecule has 5 aromatic carbocycles. The zero-order valence-electron chi connectivity index (χ0n) is 47.7. The molecule has 1 N–H and O–H groups in total. The van der Waals surface area contributed by atoms with Crippen LogP contribution in [0, 0.1) is 23.7 Å². The highest BCUT2D eigenvalue weighted by Gasteiger charge is 2.54. The van der Waals surface area contributed by atoms with Crippen LogP contribution in [-0.4, -0.2) is 93.5 Å². The molecule has 0 heterocycles. The Morgan fingerprint density at radius 2 is 1.07 bits per heavy atom. The van der Waals surface area contributed by atoms with Gasteiger partial charge in [0.15, 0.2) is 11.5 Å². The molecule has 0 saturated heterocycles. The quantitative estimate of drug-likeness (QED) is 0.0207. The predicted octanol–water partition coefficient (Wildman–Crippen LogP) is 11.1. The largest absolute Gasteiger partial charge is 0.493 e. The highest BCUT2D eigenvalue weighted by Crippen LogP contribution is 2.41. The van der Waals surface area contributed by atoms with Crippen LogP contribution >= 0.6 is 0 Å². The van der Waals surface area contributed by atoms with Crippen molar-refractivity contribution in [3.63, 3.8) is 0 Å². The second kappa shape index (κ2) is 28.7. The Kier molecular flexibility index (Phi) is 23.4. The summed E-state index contributed by atoms with van der Waals surface area (Å²) in [6, 6.07) is 49.1. The number of rotatable bonds is 30. The minimum absolute atomic E-state index is 0.0172. The summed E-state index contributed by atoms with van der Waals surface area (Å²) in [5.41, 5.74) is 0.910. The van der Waals surface area contributed by atoms with Gasteiger partial charge in [-0.2, -0.15) is 0 Å². The summed E-state index contributed by atoms with van der Waals surface area (Å²) >= 11 is 0. The van der Waals surface area contributed by atoms with Crippen LogP contribution in [0.15, 0.2) is 140 Å². The Hall–Kier alpha value is -4.64. The molecule has 5 aromatic rings. The lowest BCUT2D eigenvalue weighted by atomic mass is 9.83. The summed E-state index contributed by atoms with van der Waals surface area (Å²) in [5, 5.41) is 14.4. The van der Waals surface area contributed by atoms with Gasteiger partial charge < -0.3 is 42.4 Å². The Bertz CT molecular complexity index is 2330. The van der Waals surface area contributed by atoms with Gasteiger partial charge in [-0.3, -0.25) is 4.79 Å². The molecule has 5 rings (SSSR count). The van der Waals surface area contributed by atoms with Gasteiger partial charge in [-0.1, -0.05) is 197 Å². The van der Waals surface area contributed by atoms with E-state index in [-0.39, 0.29) is 71.4 Å². The molecule has 0 fully saturated rings. The van der Waals surface area contributed by atoms with Crippen LogP contribution in [0.1, 0.15) is 107 Å². The lowest BCUT2D eigenvalue weighted by molar-refractivity contribution is -0.164. The van der Waals surface area contributed by atoms with Crippen LogP contribution in [0.3, 0.4) is 0 Å². The van der Waals surface area contributed by atoms with Crippen LogP contribution in [0.5, 0.6) is 11.5 Å². The topological polar surface area (TPSA) is 111 Å². The molecule has 10 nitrogen and oxygen atoms in total. The first-order valence-electron chi connectivity index (χ1n) is 27.0. The number of benzene rings is 5. The first kappa shape index (κ1) is 61.2. The smallest absolute Gasteiger partial charge is 0.302 e. The minimum Gasteiger partial charge on any atom is -0.493 e. The van der Waals surface area contributed by atoms with Gasteiger partial charge in [-0.25, -0.2) is 0 Å². The molecule has 410 valence electrons. The maximum absolute atomic E-state index is 12.6. The predicted molar refractivity (Wildman–Crippen MR) is 309 cm³/mol. The third kappa shape index (κ3) is 15.5. The van der Waals surface area contributed by atoms with Gasteiger partial charge in [0.2, 0.25) is 0 Å². The Morgan fingerprint density at radius 3 is 1.51 bits per heavy atom. The van der Waals surface area contributed by atoms with Gasteiger partial charge in [-0.05, 0) is 86.0 Å². The van der Waals surface area contributed by atoms with E-state index >= 15 is 0 Å². The fourth-order valence-corrected chi connectivity index (χ4v) is 20.6. The average Bonchev–Trinajstić information content (AvgIpc) is 3.40. The van der Waals surface area contributed by atoms with Crippen molar-refractivity contribution in [2.24, 2.45) is 23.7 Å². The lowest BCUT2D eigenvalue weighted by Crippen LogP contribution is -2.69. The van der Waals surface area contributed by atoms with Gasteiger partial charge in [0.25, 0.3) is 16.6 Å². The number of aliphatic hydroxyl groups is 1. The number of carbonyl (C=O) groups excluding carboxylic acids is 1. The van der Waals surface area contributed by atoms with Crippen LogP contribution in [0.25, 0.3) is 0 Å². The summed E-state index contributed by atoms with van der Waals surface area (Å²) < 4.78 is 52.3. The third-order valence-corrected chi connectivity index (χ3v) is 25.4. The van der Waals surface area contributed by atoms with Crippen LogP contribution in [0.4, 0.5) is 0 Å². The molecule has 0 aliphatic carbocycles. The first-order valence-corrected chi connectivity index (χ1v) is 30.8. The molecule has 12 heteroatoms. The fourth-order valence-electron chi connectivity index (χ4n) is 11.1. The van der Waals surface area contributed by atoms with Gasteiger partial charge in [0, 0.05) is 39.1 Å². The van der Waals surface area contributed by atoms with Crippen molar-refractivity contribution in [2.75, 3.05) is 41.3 Å². The highest BCUT2D eigenvalue weighted by atomic mass is 28.4. The molecule has 0 unspecified atom stereocenters. The van der Waals surface area contributed by atoms with Gasteiger partial charge in [0.05, 0.1) is 39.1 Å². The Morgan fingerprint density at radius 1 is 0.573 bits per heavy atom. The number of carbonyl (C=O) groups is 1. The number of hydrogen-bond donors (Lipinski definition) is 1. The van der Waals surface area contributed by atoms with Crippen molar-refractivity contribution >= 4 is 43.4 Å². The fraction of sp³-hybridized carbons (Fsp3) is 0.508. The summed E-state index contributed by atoms with van der Waals surface area (Å²) in [6.45, 7) is 24.8. The van der Waals surface area contributed by atoms with E-state index in [1.54, 1.807) is 14.2 Å². The van der Waals surface area contributed by atoms with E-state index in [0.717, 1.165) is 12.0 Å². The van der Waals surface area contributed by atoms with E-state index in [2.05, 4.69) is 184 Å². The van der Waals surface area contributed by atoms with E-state index in [0.29, 0.717) is 44.0 Å². The van der Waals surface area contributed by atoms with Gasteiger partial charge in [-0.15, -0.1) is 0 Å². The molecule has 0 spiro atoms. The van der Waals surface area contributed by atoms with Gasteiger partial charge in [0.1, 0.15) is 12.9 Å². The lowest BCUT2D eigenvalue weighted by Gasteiger charge is -2.48. The van der Waals surface area contributed by atoms with Crippen LogP contribution in [0.2, 0.25) is 10.1 Å². The monoisotopic (exact) mass is 1060 g/mol. The number of methoxy groups -OCH3 is 3. The van der Waals surface area contributed by atoms with Crippen molar-refractivity contribution in [1.29, 1.82) is 0 Å². The maximum Gasteiger partial charge on any atom is 0.302 e. The molecular formula is C63H90O10Si2. The van der Waals surface area contributed by atoms with E-state index < -0.39 is 22.7 Å². The second-order valence-corrected chi connectivity index (χ2v) is 31.2. The summed E-state index contributed by atoms with van der Waals surface area (Å²) in [4.78, 5) is 12.6. The Labute approximate surface area is 453 Å². The minimum atomic E-state index is -3.08. The van der Waals surface area contributed by atoms with Crippen LogP contribution in [-0.2, 0) is 39.2 Å². The molecule has 0 bridgehead atoms. The molecule has 0 amide bonds. The molecule has 0 aliphatic rings. The second-order valence-electron chi connectivity index (χ2n) is 22.6. The summed E-state index contributed by atoms with van der Waals surface area (Å²) in [5.74, 6) is 0.556. The third-order valence-electron chi connectivity index (χ3n) is 15.3. The Balaban J connectivity index is 1.52. The number of aliphatic hydroxyl groups excluding tert-OH is 1. The van der Waals surface area contributed by atoms with Crippen molar-refractivity contribution in [3.05, 3.63) is 145 Å². The van der Waals surface area contributed by atoms with Crippen molar-refractivity contribution in [3.8, 4) is 11.5 Å². The molecule has 0 aliphatic heterocycles. The van der Waals surface area contributed by atoms with E-state index in [1.165, 1.54) is 27.7 Å². The number of hydrogen-bond acceptors (Lipinski definition) is 10. The molecule has 0 saturated carbocycles. The van der Waals surface area contributed by atoms with Crippen molar-refractivity contribution < 1.29 is 47.2 Å². The molecule has 75 heavy (non-hydrogen) atoms. The number of esters is 1. The maximum atomic E-state index is 12.6. The molecular weight excluding hydrogens is 973 g/mol. The van der Waals surface area contributed by atoms with E-state index in [4.69, 9.17) is 37.3 Å². The zero-order valence-corrected chi connectivity index (χ0v) is 49.7. The summed E-state index contributed by atoms with van der Waals surface area (Å²) in [6.07, 6.45) is 1.14. The van der Waals surface area contributed by atoms with Crippen molar-refractivity contribution in [1.82, 2.24) is 0 Å². The van der Waals surface area contributed by atoms with Gasteiger partial charge >= 0.3 is 5.97 Å². The highest BCUT2D eigenvalue weighted by molar-refractivity contribution is 7.00. The standard InChI is InChI=1S/C63H90O10Si2/c1-46(35-37-56(49(4)61(72-50(5)65)47(2)39-40-64)70-45-69-44-51-36-38-57(66-12)60(41-51)68-14)58(67-13)42-59(73-75(63(9,10)11,54-31-23-17-24-32-54)55-33-25-18-26-34-55)48(3)43-71-74(62(6,7)8,52-27-19-15-20-28-52)53-29-21-16-22-30-53/h15-34,36,38,41,46-49,56,58-59,61,64H,35,37,39-40,42-45H2,1-14H3/t46-,47+,48+,49-,56+,58-,59-,61+/m0/s1. The van der Waals surface area contributed by atoms with Crippen molar-refractivity contribution in [2.45, 2.75) is 143 Å². The first-order chi connectivity index (χ1) is 35.8. The molecule has 0 aromatic heterocycles. The normalized spacial score (nSPS) is 15.7. The van der Waals surface area contributed by atoms with E-state index in [1.807, 2.05) is 32.2 Å². The average molecular weight is 1060 g/mol. The molecule has 8 atom stereocenters. The number of ether oxygens (including phenoxy) is 6.